The molecule has 1 aliphatic rings. The Balaban J connectivity index is 2.35. The van der Waals surface area contributed by atoms with Gasteiger partial charge >= 0.3 is 5.97 Å². The monoisotopic (exact) mass is 337 g/mol. The number of hydrogen-bond donors (Lipinski definition) is 1. The Bertz CT molecular complexity index is 615. The highest BCUT2D eigenvalue weighted by Crippen LogP contribution is 2.34. The lowest BCUT2D eigenvalue weighted by atomic mass is 9.94. The largest absolute Gasteiger partial charge is 0.478 e. The van der Waals surface area contributed by atoms with Gasteiger partial charge in [0.1, 0.15) is 8.55 Å². The van der Waals surface area contributed by atoms with Gasteiger partial charge in [-0.15, -0.1) is 11.3 Å². The molecule has 0 unspecified atom stereocenters. The second-order valence-corrected chi connectivity index (χ2v) is 9.15. The van der Waals surface area contributed by atoms with Crippen LogP contribution in [-0.4, -0.2) is 36.9 Å². The second kappa shape index (κ2) is 5.63. The average Bonchev–Trinajstić information content (AvgIpc) is 2.70. The van der Waals surface area contributed by atoms with Gasteiger partial charge in [0, 0.05) is 13.1 Å². The number of halogens is 1. The number of piperidine rings is 1. The zero-order valence-corrected chi connectivity index (χ0v) is 13.6. The van der Waals surface area contributed by atoms with Crippen LogP contribution in [0.1, 0.15) is 30.6 Å². The van der Waals surface area contributed by atoms with Crippen LogP contribution in [-0.2, 0) is 10.0 Å². The number of aromatic carboxylic acids is 1. The van der Waals surface area contributed by atoms with Crippen molar-refractivity contribution in [3.63, 3.8) is 0 Å². The molecule has 1 aliphatic heterocycles. The van der Waals surface area contributed by atoms with Gasteiger partial charge < -0.3 is 5.11 Å². The van der Waals surface area contributed by atoms with Crippen LogP contribution in [0.4, 0.5) is 0 Å². The van der Waals surface area contributed by atoms with Crippen LogP contribution >= 0.6 is 22.9 Å². The smallest absolute Gasteiger partial charge is 0.338 e. The van der Waals surface area contributed by atoms with E-state index in [4.69, 9.17) is 16.7 Å². The van der Waals surface area contributed by atoms with Crippen molar-refractivity contribution in [3.8, 4) is 0 Å². The molecule has 0 saturated carbocycles. The number of thiophene rings is 1. The van der Waals surface area contributed by atoms with Crippen LogP contribution in [0.5, 0.6) is 0 Å². The van der Waals surface area contributed by atoms with Crippen molar-refractivity contribution in [2.75, 3.05) is 13.1 Å². The molecule has 0 radical (unpaired) electrons. The molecule has 0 aliphatic carbocycles. The SMILES string of the molecule is C[C@H]1C[C@H](C)CN(S(=O)(=O)c2cc(C(=O)O)c(Cl)s2)C1. The number of rotatable bonds is 3. The van der Waals surface area contributed by atoms with Crippen molar-refractivity contribution >= 4 is 38.9 Å². The zero-order chi connectivity index (χ0) is 15.1. The van der Waals surface area contributed by atoms with Gasteiger partial charge in [0.05, 0.1) is 5.56 Å². The van der Waals surface area contributed by atoms with E-state index >= 15 is 0 Å². The number of carboxylic acid groups (broad SMARTS) is 1. The zero-order valence-electron chi connectivity index (χ0n) is 11.2. The summed E-state index contributed by atoms with van der Waals surface area (Å²) in [6, 6.07) is 1.15. The Kier molecular flexibility index (Phi) is 4.44. The molecule has 0 spiro atoms. The molecule has 2 heterocycles. The number of nitrogens with zero attached hydrogens (tertiary/aromatic N) is 1. The highest BCUT2D eigenvalue weighted by atomic mass is 35.5. The molecule has 20 heavy (non-hydrogen) atoms. The van der Waals surface area contributed by atoms with E-state index in [-0.39, 0.29) is 14.1 Å². The summed E-state index contributed by atoms with van der Waals surface area (Å²) in [6.45, 7) is 4.96. The number of hydrogen-bond acceptors (Lipinski definition) is 4. The van der Waals surface area contributed by atoms with Gasteiger partial charge in [-0.3, -0.25) is 0 Å². The molecule has 1 fully saturated rings. The normalized spacial score (nSPS) is 24.8. The van der Waals surface area contributed by atoms with Gasteiger partial charge in [-0.1, -0.05) is 25.4 Å². The maximum atomic E-state index is 12.6. The van der Waals surface area contributed by atoms with Gasteiger partial charge in [-0.05, 0) is 24.3 Å². The first-order chi connectivity index (χ1) is 9.21. The minimum atomic E-state index is -3.66. The Morgan fingerprint density at radius 2 is 1.95 bits per heavy atom. The quantitative estimate of drug-likeness (QED) is 0.920. The number of sulfonamides is 1. The Labute approximate surface area is 127 Å². The first-order valence-electron chi connectivity index (χ1n) is 6.24. The fourth-order valence-corrected chi connectivity index (χ4v) is 6.09. The molecule has 0 amide bonds. The van der Waals surface area contributed by atoms with Crippen LogP contribution < -0.4 is 0 Å². The molecule has 1 aromatic heterocycles. The average molecular weight is 338 g/mol. The molecule has 0 aromatic carbocycles. The number of carbonyl (C=O) groups is 1. The van der Waals surface area contributed by atoms with Crippen LogP contribution in [0, 0.1) is 11.8 Å². The van der Waals surface area contributed by atoms with Crippen molar-refractivity contribution in [1.82, 2.24) is 4.31 Å². The van der Waals surface area contributed by atoms with Gasteiger partial charge in [0.15, 0.2) is 0 Å². The third-order valence-corrected chi connectivity index (χ3v) is 6.96. The molecule has 0 bridgehead atoms. The summed E-state index contributed by atoms with van der Waals surface area (Å²) in [5.41, 5.74) is -0.159. The Morgan fingerprint density at radius 3 is 2.40 bits per heavy atom. The Morgan fingerprint density at radius 1 is 1.40 bits per heavy atom. The third kappa shape index (κ3) is 3.00. The maximum absolute atomic E-state index is 12.6. The third-order valence-electron chi connectivity index (χ3n) is 3.32. The van der Waals surface area contributed by atoms with Crippen LogP contribution in [0.3, 0.4) is 0 Å². The lowest BCUT2D eigenvalue weighted by Crippen LogP contribution is -2.42. The maximum Gasteiger partial charge on any atom is 0.338 e. The minimum Gasteiger partial charge on any atom is -0.478 e. The predicted molar refractivity (Wildman–Crippen MR) is 78.0 cm³/mol. The van der Waals surface area contributed by atoms with Crippen molar-refractivity contribution < 1.29 is 18.3 Å². The van der Waals surface area contributed by atoms with Gasteiger partial charge in [-0.2, -0.15) is 4.31 Å². The summed E-state index contributed by atoms with van der Waals surface area (Å²) in [6.07, 6.45) is 0.998. The molecule has 1 aromatic rings. The predicted octanol–water partition coefficient (Wildman–Crippen LogP) is 2.77. The van der Waals surface area contributed by atoms with Crippen LogP contribution in [0.25, 0.3) is 0 Å². The topological polar surface area (TPSA) is 74.7 Å². The van der Waals surface area contributed by atoms with Crippen LogP contribution in [0.2, 0.25) is 4.34 Å². The minimum absolute atomic E-state index is 0.00111. The molecule has 2 rings (SSSR count). The molecule has 2 atom stereocenters. The van der Waals surface area contributed by atoms with E-state index in [0.29, 0.717) is 24.9 Å². The van der Waals surface area contributed by atoms with E-state index in [1.54, 1.807) is 0 Å². The fraction of sp³-hybridized carbons (Fsp3) is 0.583. The summed E-state index contributed by atoms with van der Waals surface area (Å²) in [5.74, 6) is -0.626. The van der Waals surface area contributed by atoms with E-state index in [1.165, 1.54) is 4.31 Å². The summed E-state index contributed by atoms with van der Waals surface area (Å²) >= 11 is 6.60. The van der Waals surface area contributed by atoms with E-state index in [0.717, 1.165) is 23.8 Å². The summed E-state index contributed by atoms with van der Waals surface area (Å²) in [7, 11) is -3.66. The number of carboxylic acids is 1. The molecule has 112 valence electrons. The lowest BCUT2D eigenvalue weighted by molar-refractivity contribution is 0.0697. The Hall–Kier alpha value is -0.630. The summed E-state index contributed by atoms with van der Waals surface area (Å²) in [5, 5.41) is 8.95. The van der Waals surface area contributed by atoms with Crippen molar-refractivity contribution in [1.29, 1.82) is 0 Å². The lowest BCUT2D eigenvalue weighted by Gasteiger charge is -2.33. The fourth-order valence-electron chi connectivity index (χ4n) is 2.55. The van der Waals surface area contributed by atoms with Gasteiger partial charge in [-0.25, -0.2) is 13.2 Å². The van der Waals surface area contributed by atoms with E-state index in [1.807, 2.05) is 13.8 Å². The standard InChI is InChI=1S/C12H16ClNO4S2/c1-7-3-8(2)6-14(5-7)20(17,18)10-4-9(12(15)16)11(13)19-10/h4,7-8H,3,5-6H2,1-2H3,(H,15,16)/t7-,8-/m0/s1. The highest BCUT2D eigenvalue weighted by molar-refractivity contribution is 7.91. The van der Waals surface area contributed by atoms with E-state index < -0.39 is 16.0 Å². The van der Waals surface area contributed by atoms with Gasteiger partial charge in [0.2, 0.25) is 0 Å². The molecular weight excluding hydrogens is 322 g/mol. The first-order valence-corrected chi connectivity index (χ1v) is 8.88. The molecule has 1 saturated heterocycles. The molecule has 1 N–H and O–H groups in total. The van der Waals surface area contributed by atoms with Gasteiger partial charge in [0.25, 0.3) is 10.0 Å². The van der Waals surface area contributed by atoms with Crippen molar-refractivity contribution in [2.24, 2.45) is 11.8 Å². The van der Waals surface area contributed by atoms with Crippen LogP contribution in [0.15, 0.2) is 10.3 Å². The summed E-state index contributed by atoms with van der Waals surface area (Å²) in [4.78, 5) is 11.0. The second-order valence-electron chi connectivity index (χ2n) is 5.33. The molecular formula is C12H16ClNO4S2. The van der Waals surface area contributed by atoms with Crippen molar-refractivity contribution in [2.45, 2.75) is 24.5 Å². The first kappa shape index (κ1) is 15.8. The van der Waals surface area contributed by atoms with Crippen molar-refractivity contribution in [3.05, 3.63) is 16.0 Å². The summed E-state index contributed by atoms with van der Waals surface area (Å²) < 4.78 is 26.5. The highest BCUT2D eigenvalue weighted by Gasteiger charge is 2.33. The van der Waals surface area contributed by atoms with E-state index in [9.17, 15) is 13.2 Å². The van der Waals surface area contributed by atoms with E-state index in [2.05, 4.69) is 0 Å². The molecule has 8 heteroatoms. The molecule has 5 nitrogen and oxygen atoms in total.